The minimum Gasteiger partial charge on any atom is -0.334 e. The van der Waals surface area contributed by atoms with Crippen molar-refractivity contribution in [3.8, 4) is 17.2 Å². The van der Waals surface area contributed by atoms with Crippen LogP contribution >= 0.6 is 0 Å². The molecule has 3 aromatic carbocycles. The van der Waals surface area contributed by atoms with E-state index in [1.807, 2.05) is 6.07 Å². The summed E-state index contributed by atoms with van der Waals surface area (Å²) in [6.07, 6.45) is 3.03. The second-order valence-electron chi connectivity index (χ2n) is 8.59. The van der Waals surface area contributed by atoms with Crippen LogP contribution < -0.4 is 5.56 Å². The molecule has 0 saturated carbocycles. The number of pyridine rings is 1. The molecule has 2 aromatic heterocycles. The SMILES string of the molecule is [C-]#[N+]c1ccc([C@@](F)(c2ccc3c(c2)c(-c2cccc(C#N)c2)cc(=O)n3C)c2cncn2C)cc1. The highest BCUT2D eigenvalue weighted by atomic mass is 19.1. The van der Waals surface area contributed by atoms with Crippen LogP contribution in [0.15, 0.2) is 90.1 Å². The molecule has 0 N–H and O–H groups in total. The van der Waals surface area contributed by atoms with Crippen LogP contribution in [0.25, 0.3) is 26.9 Å². The topological polar surface area (TPSA) is 68.0 Å². The fourth-order valence-corrected chi connectivity index (χ4v) is 4.59. The van der Waals surface area contributed by atoms with Crippen molar-refractivity contribution in [3.05, 3.63) is 129 Å². The van der Waals surface area contributed by atoms with Crippen molar-refractivity contribution in [2.75, 3.05) is 0 Å². The van der Waals surface area contributed by atoms with Crippen molar-refractivity contribution in [3.63, 3.8) is 0 Å². The number of nitriles is 1. The molecule has 0 aliphatic rings. The Labute approximate surface area is 206 Å². The third-order valence-corrected chi connectivity index (χ3v) is 6.51. The van der Waals surface area contributed by atoms with Gasteiger partial charge in [0.05, 0.1) is 41.9 Å². The van der Waals surface area contributed by atoms with Gasteiger partial charge in [-0.1, -0.05) is 42.5 Å². The molecule has 7 heteroatoms. The van der Waals surface area contributed by atoms with Gasteiger partial charge in [-0.25, -0.2) is 14.2 Å². The van der Waals surface area contributed by atoms with E-state index in [2.05, 4.69) is 15.9 Å². The van der Waals surface area contributed by atoms with E-state index in [1.54, 1.807) is 85.7 Å². The van der Waals surface area contributed by atoms with E-state index in [0.717, 1.165) is 0 Å². The average molecular weight is 474 g/mol. The number of benzene rings is 3. The van der Waals surface area contributed by atoms with Crippen molar-refractivity contribution in [1.82, 2.24) is 14.1 Å². The summed E-state index contributed by atoms with van der Waals surface area (Å²) in [4.78, 5) is 20.3. The fraction of sp³-hybridized carbons (Fsp3) is 0.103. The fourth-order valence-electron chi connectivity index (χ4n) is 4.59. The van der Waals surface area contributed by atoms with E-state index in [0.29, 0.717) is 50.1 Å². The van der Waals surface area contributed by atoms with Gasteiger partial charge in [-0.2, -0.15) is 5.26 Å². The first-order chi connectivity index (χ1) is 17.4. The highest BCUT2D eigenvalue weighted by molar-refractivity contribution is 5.95. The minimum absolute atomic E-state index is 0.208. The second-order valence-corrected chi connectivity index (χ2v) is 8.59. The predicted octanol–water partition coefficient (Wildman–Crippen LogP) is 5.62. The van der Waals surface area contributed by atoms with Gasteiger partial charge in [0.15, 0.2) is 5.69 Å². The van der Waals surface area contributed by atoms with Gasteiger partial charge >= 0.3 is 0 Å². The maximum atomic E-state index is 17.4. The van der Waals surface area contributed by atoms with Crippen molar-refractivity contribution in [1.29, 1.82) is 5.26 Å². The molecule has 0 unspecified atom stereocenters. The number of aromatic nitrogens is 3. The summed E-state index contributed by atoms with van der Waals surface area (Å²) in [7, 11) is 3.40. The van der Waals surface area contributed by atoms with E-state index in [4.69, 9.17) is 6.57 Å². The molecule has 5 rings (SSSR count). The van der Waals surface area contributed by atoms with Gasteiger partial charge in [-0.3, -0.25) is 4.79 Å². The van der Waals surface area contributed by atoms with Crippen molar-refractivity contribution in [2.45, 2.75) is 5.67 Å². The summed E-state index contributed by atoms with van der Waals surface area (Å²) < 4.78 is 20.6. The molecule has 0 radical (unpaired) electrons. The van der Waals surface area contributed by atoms with Crippen LogP contribution in [0.5, 0.6) is 0 Å². The first-order valence-electron chi connectivity index (χ1n) is 11.2. The lowest BCUT2D eigenvalue weighted by molar-refractivity contribution is 0.267. The third-order valence-electron chi connectivity index (χ3n) is 6.51. The Kier molecular flexibility index (Phi) is 5.47. The largest absolute Gasteiger partial charge is 0.334 e. The summed E-state index contributed by atoms with van der Waals surface area (Å²) in [5.41, 5.74) is 1.58. The molecule has 0 saturated heterocycles. The smallest absolute Gasteiger partial charge is 0.251 e. The predicted molar refractivity (Wildman–Crippen MR) is 136 cm³/mol. The Balaban J connectivity index is 1.83. The zero-order valence-corrected chi connectivity index (χ0v) is 19.6. The first kappa shape index (κ1) is 22.8. The van der Waals surface area contributed by atoms with Crippen molar-refractivity contribution >= 4 is 16.6 Å². The number of rotatable bonds is 4. The quantitative estimate of drug-likeness (QED) is 0.318. The lowest BCUT2D eigenvalue weighted by Gasteiger charge is -2.28. The van der Waals surface area contributed by atoms with E-state index >= 15 is 4.39 Å². The number of alkyl halides is 1. The molecule has 174 valence electrons. The highest BCUT2D eigenvalue weighted by Crippen LogP contribution is 2.42. The molecular weight excluding hydrogens is 453 g/mol. The van der Waals surface area contributed by atoms with Gasteiger partial charge in [0.2, 0.25) is 5.67 Å². The Morgan fingerprint density at radius 1 is 1.03 bits per heavy atom. The van der Waals surface area contributed by atoms with Crippen LogP contribution in [0, 0.1) is 17.9 Å². The normalized spacial score (nSPS) is 12.6. The number of fused-ring (bicyclic) bond motifs is 1. The molecule has 6 nitrogen and oxygen atoms in total. The summed E-state index contributed by atoms with van der Waals surface area (Å²) in [6, 6.07) is 22.2. The lowest BCUT2D eigenvalue weighted by Crippen LogP contribution is -2.26. The van der Waals surface area contributed by atoms with Gasteiger partial charge in [-0.05, 0) is 41.0 Å². The molecule has 36 heavy (non-hydrogen) atoms. The molecule has 0 spiro atoms. The Morgan fingerprint density at radius 3 is 2.44 bits per heavy atom. The maximum absolute atomic E-state index is 17.4. The molecule has 0 aliphatic heterocycles. The summed E-state index contributed by atoms with van der Waals surface area (Å²) in [6.45, 7) is 7.24. The molecule has 0 bridgehead atoms. The van der Waals surface area contributed by atoms with Gasteiger partial charge in [0.1, 0.15) is 0 Å². The van der Waals surface area contributed by atoms with Crippen LogP contribution in [0.3, 0.4) is 0 Å². The third kappa shape index (κ3) is 3.55. The number of nitrogens with zero attached hydrogens (tertiary/aromatic N) is 5. The molecule has 1 atom stereocenters. The van der Waals surface area contributed by atoms with Crippen LogP contribution in [-0.4, -0.2) is 14.1 Å². The number of hydrogen-bond donors (Lipinski definition) is 0. The monoisotopic (exact) mass is 473 g/mol. The zero-order valence-electron chi connectivity index (χ0n) is 19.6. The molecular formula is C29H20FN5O. The van der Waals surface area contributed by atoms with Gasteiger partial charge in [0.25, 0.3) is 5.56 Å². The van der Waals surface area contributed by atoms with E-state index < -0.39 is 5.67 Å². The summed E-state index contributed by atoms with van der Waals surface area (Å²) >= 11 is 0. The number of halogens is 1. The molecule has 0 fully saturated rings. The molecule has 2 heterocycles. The number of imidazole rings is 1. The van der Waals surface area contributed by atoms with Gasteiger partial charge < -0.3 is 9.13 Å². The van der Waals surface area contributed by atoms with Crippen LogP contribution in [-0.2, 0) is 19.8 Å². The molecule has 0 amide bonds. The Hall–Kier alpha value is -5.01. The number of aryl methyl sites for hydroxylation is 2. The van der Waals surface area contributed by atoms with Gasteiger partial charge in [0, 0.05) is 31.1 Å². The minimum atomic E-state index is -2.08. The van der Waals surface area contributed by atoms with E-state index in [1.165, 1.54) is 16.8 Å². The van der Waals surface area contributed by atoms with Crippen LogP contribution in [0.4, 0.5) is 10.1 Å². The van der Waals surface area contributed by atoms with Crippen molar-refractivity contribution < 1.29 is 4.39 Å². The summed E-state index contributed by atoms with van der Waals surface area (Å²) in [5, 5.41) is 10.0. The molecule has 0 aliphatic carbocycles. The van der Waals surface area contributed by atoms with Crippen molar-refractivity contribution in [2.24, 2.45) is 14.1 Å². The Morgan fingerprint density at radius 2 is 1.78 bits per heavy atom. The standard InChI is InChI=1S/C29H20FN5O/c1-32-23-10-7-21(8-11-23)29(30,27-17-33-18-34(27)2)22-9-12-26-25(14-22)24(15-28(36)35(26)3)20-6-4-5-19(13-20)16-31/h4-15,17-18H,2-3H3/t29-/m1/s1. The first-order valence-corrected chi connectivity index (χ1v) is 11.2. The molecule has 5 aromatic rings. The lowest BCUT2D eigenvalue weighted by atomic mass is 9.84. The second kappa shape index (κ2) is 8.65. The van der Waals surface area contributed by atoms with Gasteiger partial charge in [-0.15, -0.1) is 0 Å². The number of hydrogen-bond acceptors (Lipinski definition) is 3. The highest BCUT2D eigenvalue weighted by Gasteiger charge is 2.39. The zero-order chi connectivity index (χ0) is 25.4. The van der Waals surface area contributed by atoms with Crippen LogP contribution in [0.1, 0.15) is 22.4 Å². The van der Waals surface area contributed by atoms with Crippen LogP contribution in [0.2, 0.25) is 0 Å². The maximum Gasteiger partial charge on any atom is 0.251 e. The van der Waals surface area contributed by atoms with E-state index in [9.17, 15) is 10.1 Å². The Bertz CT molecular complexity index is 1770. The van der Waals surface area contributed by atoms with E-state index in [-0.39, 0.29) is 5.56 Å². The average Bonchev–Trinajstić information content (AvgIpc) is 3.36. The summed E-state index contributed by atoms with van der Waals surface area (Å²) in [5.74, 6) is 0.